The van der Waals surface area contributed by atoms with Crippen molar-refractivity contribution < 1.29 is 13.5 Å². The quantitative estimate of drug-likeness (QED) is 0.269. The maximum atomic E-state index is 14.2. The van der Waals surface area contributed by atoms with E-state index < -0.39 is 17.8 Å². The fraction of sp³-hybridized carbons (Fsp3) is 0.300. The van der Waals surface area contributed by atoms with E-state index in [1.165, 1.54) is 4.57 Å². The number of imidazole rings is 1. The van der Waals surface area contributed by atoms with Crippen LogP contribution in [-0.4, -0.2) is 61.3 Å². The molecule has 1 N–H and O–H groups in total. The van der Waals surface area contributed by atoms with E-state index in [9.17, 15) is 8.78 Å². The zero-order valence-corrected chi connectivity index (χ0v) is 22.8. The normalized spacial score (nSPS) is 14.1. The average Bonchev–Trinajstić information content (AvgIpc) is 3.38. The highest BCUT2D eigenvalue weighted by Gasteiger charge is 2.27. The summed E-state index contributed by atoms with van der Waals surface area (Å²) in [5, 5.41) is 3.47. The van der Waals surface area contributed by atoms with Crippen LogP contribution in [0.1, 0.15) is 31.7 Å². The highest BCUT2D eigenvalue weighted by Crippen LogP contribution is 2.30. The van der Waals surface area contributed by atoms with Crippen molar-refractivity contribution in [2.24, 2.45) is 0 Å². The Morgan fingerprint density at radius 3 is 2.37 bits per heavy atom. The molecule has 1 aliphatic rings. The van der Waals surface area contributed by atoms with Gasteiger partial charge in [0.25, 0.3) is 6.43 Å². The number of nitrogens with one attached hydrogen (secondary N) is 1. The first kappa shape index (κ1) is 26.7. The van der Waals surface area contributed by atoms with E-state index in [-0.39, 0.29) is 5.95 Å². The van der Waals surface area contributed by atoms with Crippen LogP contribution in [0.15, 0.2) is 73.1 Å². The van der Waals surface area contributed by atoms with Crippen molar-refractivity contribution in [3.05, 3.63) is 84.4 Å². The molecule has 1 saturated heterocycles. The van der Waals surface area contributed by atoms with Crippen molar-refractivity contribution in [1.29, 1.82) is 0 Å². The second-order valence-electron chi connectivity index (χ2n) is 10.5. The SMILES string of the molecule is CC(C)(Cc1ccccc1-c1ccncc1)Nc1nc(N2CCOCC2)nc(-n2c(C(F)F)nc3ccccc32)n1. The summed E-state index contributed by atoms with van der Waals surface area (Å²) in [5.74, 6) is 0.357. The number of hydrogen-bond acceptors (Lipinski definition) is 8. The summed E-state index contributed by atoms with van der Waals surface area (Å²) in [5.41, 5.74) is 3.76. The molecule has 4 heterocycles. The second kappa shape index (κ2) is 11.2. The third-order valence-corrected chi connectivity index (χ3v) is 6.98. The molecule has 1 fully saturated rings. The first-order valence-corrected chi connectivity index (χ1v) is 13.5. The number of anilines is 2. The van der Waals surface area contributed by atoms with E-state index >= 15 is 0 Å². The predicted molar refractivity (Wildman–Crippen MR) is 154 cm³/mol. The van der Waals surface area contributed by atoms with E-state index in [1.807, 2.05) is 29.2 Å². The molecule has 3 aromatic heterocycles. The number of nitrogens with zero attached hydrogens (tertiary/aromatic N) is 7. The molecule has 210 valence electrons. The van der Waals surface area contributed by atoms with Crippen LogP contribution in [0, 0.1) is 0 Å². The standard InChI is InChI=1S/C30H30F2N8O/c1-30(2,19-21-7-3-4-8-22(21)20-11-13-33-14-12-20)38-27-35-28(39-15-17-41-18-16-39)37-29(36-27)40-24-10-6-5-9-23(24)34-26(40)25(31)32/h3-14,25H,15-19H2,1-2H3,(H,35,36,37,38). The van der Waals surface area contributed by atoms with Gasteiger partial charge in [0.1, 0.15) is 0 Å². The molecule has 0 unspecified atom stereocenters. The number of fused-ring (bicyclic) bond motifs is 1. The number of morpholine rings is 1. The molecule has 0 atom stereocenters. The minimum atomic E-state index is -2.82. The molecule has 0 bridgehead atoms. The smallest absolute Gasteiger partial charge is 0.296 e. The van der Waals surface area contributed by atoms with E-state index in [1.54, 1.807) is 36.7 Å². The van der Waals surface area contributed by atoms with Crippen LogP contribution >= 0.6 is 0 Å². The number of hydrogen-bond donors (Lipinski definition) is 1. The molecule has 0 amide bonds. The fourth-order valence-electron chi connectivity index (χ4n) is 5.13. The molecule has 0 saturated carbocycles. The van der Waals surface area contributed by atoms with Gasteiger partial charge in [0.05, 0.1) is 24.2 Å². The third kappa shape index (κ3) is 5.71. The Kier molecular flexibility index (Phi) is 7.27. The Bertz CT molecular complexity index is 1650. The molecule has 0 radical (unpaired) electrons. The van der Waals surface area contributed by atoms with Gasteiger partial charge in [-0.05, 0) is 61.2 Å². The molecule has 1 aliphatic heterocycles. The van der Waals surface area contributed by atoms with Crippen LogP contribution in [0.3, 0.4) is 0 Å². The van der Waals surface area contributed by atoms with Gasteiger partial charge in [-0.25, -0.2) is 13.8 Å². The van der Waals surface area contributed by atoms with E-state index in [0.29, 0.717) is 55.7 Å². The summed E-state index contributed by atoms with van der Waals surface area (Å²) in [7, 11) is 0. The van der Waals surface area contributed by atoms with E-state index in [0.717, 1.165) is 16.7 Å². The van der Waals surface area contributed by atoms with Crippen LogP contribution in [0.5, 0.6) is 0 Å². The largest absolute Gasteiger partial charge is 0.378 e. The second-order valence-corrected chi connectivity index (χ2v) is 10.5. The van der Waals surface area contributed by atoms with Crippen molar-refractivity contribution in [3.8, 4) is 17.1 Å². The first-order valence-electron chi connectivity index (χ1n) is 13.5. The lowest BCUT2D eigenvalue weighted by molar-refractivity contribution is 0.122. The number of pyridine rings is 1. The van der Waals surface area contributed by atoms with Gasteiger partial charge in [0, 0.05) is 31.0 Å². The maximum absolute atomic E-state index is 14.2. The fourth-order valence-corrected chi connectivity index (χ4v) is 5.13. The highest BCUT2D eigenvalue weighted by atomic mass is 19.3. The summed E-state index contributed by atoms with van der Waals surface area (Å²) >= 11 is 0. The zero-order chi connectivity index (χ0) is 28.4. The van der Waals surface area contributed by atoms with Crippen molar-refractivity contribution in [2.75, 3.05) is 36.5 Å². The lowest BCUT2D eigenvalue weighted by atomic mass is 9.90. The van der Waals surface area contributed by atoms with Crippen molar-refractivity contribution in [3.63, 3.8) is 0 Å². The van der Waals surface area contributed by atoms with Gasteiger partial charge in [0.15, 0.2) is 5.82 Å². The number of halogens is 2. The molecule has 11 heteroatoms. The summed E-state index contributed by atoms with van der Waals surface area (Å²) in [6.45, 7) is 6.33. The number of alkyl halides is 2. The van der Waals surface area contributed by atoms with E-state index in [2.05, 4.69) is 51.2 Å². The summed E-state index contributed by atoms with van der Waals surface area (Å²) in [6.07, 6.45) is 1.39. The Labute approximate surface area is 236 Å². The molecule has 0 spiro atoms. The highest BCUT2D eigenvalue weighted by molar-refractivity contribution is 5.77. The summed E-state index contributed by atoms with van der Waals surface area (Å²) in [6, 6.07) is 19.2. The van der Waals surface area contributed by atoms with Crippen LogP contribution < -0.4 is 10.2 Å². The van der Waals surface area contributed by atoms with Crippen molar-refractivity contribution >= 4 is 22.9 Å². The molecule has 5 aromatic rings. The molecule has 0 aliphatic carbocycles. The summed E-state index contributed by atoms with van der Waals surface area (Å²) < 4.78 is 35.2. The Hall–Kier alpha value is -4.51. The van der Waals surface area contributed by atoms with Crippen LogP contribution in [-0.2, 0) is 11.2 Å². The Balaban J connectivity index is 1.40. The Morgan fingerprint density at radius 2 is 1.59 bits per heavy atom. The van der Waals surface area contributed by atoms with E-state index in [4.69, 9.17) is 9.72 Å². The first-order chi connectivity index (χ1) is 19.9. The molecular formula is C30H30F2N8O. The van der Waals surface area contributed by atoms with Crippen molar-refractivity contribution in [1.82, 2.24) is 29.5 Å². The van der Waals surface area contributed by atoms with Crippen LogP contribution in [0.25, 0.3) is 28.1 Å². The van der Waals surface area contributed by atoms with Gasteiger partial charge in [-0.15, -0.1) is 0 Å². The molecule has 2 aromatic carbocycles. The maximum Gasteiger partial charge on any atom is 0.296 e. The van der Waals surface area contributed by atoms with Gasteiger partial charge in [-0.2, -0.15) is 15.0 Å². The van der Waals surface area contributed by atoms with Crippen LogP contribution in [0.2, 0.25) is 0 Å². The number of ether oxygens (including phenoxy) is 1. The molecular weight excluding hydrogens is 526 g/mol. The zero-order valence-electron chi connectivity index (χ0n) is 22.8. The van der Waals surface area contributed by atoms with Crippen molar-refractivity contribution in [2.45, 2.75) is 32.2 Å². The minimum Gasteiger partial charge on any atom is -0.378 e. The molecule has 6 rings (SSSR count). The number of rotatable bonds is 8. The minimum absolute atomic E-state index is 0.0842. The van der Waals surface area contributed by atoms with Gasteiger partial charge >= 0.3 is 0 Å². The predicted octanol–water partition coefficient (Wildman–Crippen LogP) is 5.48. The average molecular weight is 557 g/mol. The Morgan fingerprint density at radius 1 is 0.878 bits per heavy atom. The topological polar surface area (TPSA) is 93.9 Å². The molecule has 9 nitrogen and oxygen atoms in total. The third-order valence-electron chi connectivity index (χ3n) is 6.98. The number of aromatic nitrogens is 6. The van der Waals surface area contributed by atoms with Gasteiger partial charge in [-0.1, -0.05) is 36.4 Å². The monoisotopic (exact) mass is 556 g/mol. The number of benzene rings is 2. The van der Waals surface area contributed by atoms with Gasteiger partial charge < -0.3 is 15.0 Å². The summed E-state index contributed by atoms with van der Waals surface area (Å²) in [4.78, 5) is 24.4. The lowest BCUT2D eigenvalue weighted by Gasteiger charge is -2.30. The van der Waals surface area contributed by atoms with Gasteiger partial charge in [0.2, 0.25) is 17.8 Å². The van der Waals surface area contributed by atoms with Crippen LogP contribution in [0.4, 0.5) is 20.7 Å². The number of para-hydroxylation sites is 2. The van der Waals surface area contributed by atoms with Gasteiger partial charge in [-0.3, -0.25) is 9.55 Å². The molecule has 41 heavy (non-hydrogen) atoms. The lowest BCUT2D eigenvalue weighted by Crippen LogP contribution is -2.39.